The maximum Gasteiger partial charge on any atom is 0.0477 e. The first-order valence-electron chi connectivity index (χ1n) is 2.33. The van der Waals surface area contributed by atoms with Crippen molar-refractivity contribution in [1.82, 2.24) is 0 Å². The Kier molecular flexibility index (Phi) is 3.41. The van der Waals surface area contributed by atoms with Gasteiger partial charge in [0.1, 0.15) is 0 Å². The van der Waals surface area contributed by atoms with Gasteiger partial charge in [0.2, 0.25) is 0 Å². The number of rotatable bonds is 0. The van der Waals surface area contributed by atoms with E-state index in [9.17, 15) is 0 Å². The molecule has 0 saturated carbocycles. The van der Waals surface area contributed by atoms with Gasteiger partial charge in [-0.1, -0.05) is 0 Å². The molecule has 10 heavy (non-hydrogen) atoms. The molecule has 53 valence electrons. The summed E-state index contributed by atoms with van der Waals surface area (Å²) in [5.74, 6) is 0. The van der Waals surface area contributed by atoms with E-state index in [4.69, 9.17) is 0 Å². The van der Waals surface area contributed by atoms with Gasteiger partial charge in [-0.25, -0.2) is 0 Å². The average molecular weight is 393 g/mol. The van der Waals surface area contributed by atoms with E-state index >= 15 is 0 Å². The molecule has 1 aromatic rings. The fourth-order valence-corrected chi connectivity index (χ4v) is 2.25. The molecule has 0 saturated heterocycles. The predicted molar refractivity (Wildman–Crippen MR) is 56.1 cm³/mol. The lowest BCUT2D eigenvalue weighted by Gasteiger charge is -1.99. The van der Waals surface area contributed by atoms with Gasteiger partial charge in [-0.15, -0.1) is 0 Å². The highest BCUT2D eigenvalue weighted by Gasteiger charge is 2.04. The Balaban J connectivity index is 3.34. The summed E-state index contributed by atoms with van der Waals surface area (Å²) in [5, 5.41) is 0. The fourth-order valence-electron chi connectivity index (χ4n) is 0.455. The monoisotopic (exact) mass is 389 g/mol. The van der Waals surface area contributed by atoms with Crippen molar-refractivity contribution in [2.45, 2.75) is 0 Å². The molecule has 0 amide bonds. The lowest BCUT2D eigenvalue weighted by atomic mass is 10.4. The molecule has 0 nitrogen and oxygen atoms in total. The topological polar surface area (TPSA) is 0 Å². The molecule has 0 heterocycles. The maximum absolute atomic E-state index is 3.39. The van der Waals surface area contributed by atoms with Crippen molar-refractivity contribution in [1.29, 1.82) is 0 Å². The van der Waals surface area contributed by atoms with Crippen LogP contribution in [0.4, 0.5) is 0 Å². The summed E-state index contributed by atoms with van der Waals surface area (Å²) in [7, 11) is 0. The van der Waals surface area contributed by atoms with Crippen molar-refractivity contribution in [3.05, 3.63) is 30.0 Å². The molecular weight excluding hydrogens is 392 g/mol. The minimum atomic E-state index is 0.919. The van der Waals surface area contributed by atoms with Crippen LogP contribution >= 0.6 is 63.7 Å². The zero-order valence-electron chi connectivity index (χ0n) is 4.59. The Bertz CT molecular complexity index is 229. The van der Waals surface area contributed by atoms with Crippen molar-refractivity contribution < 1.29 is 0 Å². The normalized spacial score (nSPS) is 10.0. The molecular formula is C6HBr4. The van der Waals surface area contributed by atoms with Crippen LogP contribution in [0.3, 0.4) is 0 Å². The summed E-state index contributed by atoms with van der Waals surface area (Å²) in [6.07, 6.45) is 0. The van der Waals surface area contributed by atoms with Gasteiger partial charge in [0.05, 0.1) is 0 Å². The summed E-state index contributed by atoms with van der Waals surface area (Å²) >= 11 is 13.4. The van der Waals surface area contributed by atoms with Gasteiger partial charge in [0, 0.05) is 17.9 Å². The molecule has 0 aromatic heterocycles. The van der Waals surface area contributed by atoms with Crippen LogP contribution in [-0.4, -0.2) is 0 Å². The zero-order valence-corrected chi connectivity index (χ0v) is 10.9. The van der Waals surface area contributed by atoms with Crippen LogP contribution in [0.1, 0.15) is 0 Å². The second-order valence-corrected chi connectivity index (χ2v) is 4.81. The number of hydrogen-bond donors (Lipinski definition) is 0. The van der Waals surface area contributed by atoms with Crippen LogP contribution in [-0.2, 0) is 0 Å². The Hall–Kier alpha value is 1.14. The molecule has 0 aliphatic heterocycles. The van der Waals surface area contributed by atoms with Gasteiger partial charge in [-0.05, 0) is 75.9 Å². The highest BCUT2D eigenvalue weighted by Crippen LogP contribution is 2.35. The molecule has 0 bridgehead atoms. The molecule has 0 spiro atoms. The van der Waals surface area contributed by atoms with Crippen molar-refractivity contribution in [2.75, 3.05) is 0 Å². The fraction of sp³-hybridized carbons (Fsp3) is 0. The standard InChI is InChI=1S/C6HBr4/c7-3-1-2-4(8)6(10)5(3)9/h1H. The van der Waals surface area contributed by atoms with Crippen LogP contribution in [0.5, 0.6) is 0 Å². The average Bonchev–Trinajstić information content (AvgIpc) is 1.93. The van der Waals surface area contributed by atoms with Crippen molar-refractivity contribution >= 4 is 63.7 Å². The van der Waals surface area contributed by atoms with Crippen LogP contribution < -0.4 is 0 Å². The first-order chi connectivity index (χ1) is 4.63. The van der Waals surface area contributed by atoms with E-state index in [-0.39, 0.29) is 0 Å². The largest absolute Gasteiger partial charge is 0.0495 e. The molecule has 0 aliphatic rings. The summed E-state index contributed by atoms with van der Waals surface area (Å²) in [6, 6.07) is 4.85. The Morgan fingerprint density at radius 2 is 1.60 bits per heavy atom. The minimum absolute atomic E-state index is 0.919. The highest BCUT2D eigenvalue weighted by atomic mass is 79.9. The quantitative estimate of drug-likeness (QED) is 0.449. The van der Waals surface area contributed by atoms with Gasteiger partial charge < -0.3 is 0 Å². The number of benzene rings is 1. The van der Waals surface area contributed by atoms with Crippen LogP contribution in [0.2, 0.25) is 0 Å². The Morgan fingerprint density at radius 3 is 2.10 bits per heavy atom. The first-order valence-corrected chi connectivity index (χ1v) is 5.51. The van der Waals surface area contributed by atoms with Crippen LogP contribution in [0, 0.1) is 6.07 Å². The molecule has 0 N–H and O–H groups in total. The SMILES string of the molecule is Brc1[c]cc(Br)c(Br)c1Br. The molecule has 1 radical (unpaired) electrons. The minimum Gasteiger partial charge on any atom is -0.0495 e. The number of hydrogen-bond acceptors (Lipinski definition) is 0. The summed E-state index contributed by atoms with van der Waals surface area (Å²) in [4.78, 5) is 0. The third-order valence-corrected chi connectivity index (χ3v) is 5.38. The highest BCUT2D eigenvalue weighted by molar-refractivity contribution is 9.15. The smallest absolute Gasteiger partial charge is 0.0477 e. The zero-order chi connectivity index (χ0) is 7.72. The van der Waals surface area contributed by atoms with E-state index in [0.29, 0.717) is 0 Å². The lowest BCUT2D eigenvalue weighted by Crippen LogP contribution is -1.74. The molecule has 4 heteroatoms. The Labute approximate surface area is 92.9 Å². The van der Waals surface area contributed by atoms with E-state index in [1.807, 2.05) is 6.07 Å². The number of halogens is 4. The van der Waals surface area contributed by atoms with Gasteiger partial charge in [0.15, 0.2) is 0 Å². The van der Waals surface area contributed by atoms with Gasteiger partial charge >= 0.3 is 0 Å². The molecule has 0 fully saturated rings. The third-order valence-electron chi connectivity index (χ3n) is 0.921. The molecule has 0 unspecified atom stereocenters. The van der Waals surface area contributed by atoms with E-state index in [1.54, 1.807) is 0 Å². The molecule has 0 aliphatic carbocycles. The van der Waals surface area contributed by atoms with Crippen LogP contribution in [0.25, 0.3) is 0 Å². The second-order valence-electron chi connectivity index (χ2n) is 1.58. The van der Waals surface area contributed by atoms with Crippen molar-refractivity contribution in [2.24, 2.45) is 0 Å². The summed E-state index contributed by atoms with van der Waals surface area (Å²) in [5.41, 5.74) is 0. The maximum atomic E-state index is 3.39. The summed E-state index contributed by atoms with van der Waals surface area (Å²) < 4.78 is 3.88. The van der Waals surface area contributed by atoms with E-state index in [2.05, 4.69) is 69.8 Å². The van der Waals surface area contributed by atoms with Crippen LogP contribution in [0.15, 0.2) is 24.0 Å². The van der Waals surface area contributed by atoms with Crippen molar-refractivity contribution in [3.63, 3.8) is 0 Å². The van der Waals surface area contributed by atoms with Gasteiger partial charge in [-0.3, -0.25) is 0 Å². The first kappa shape index (κ1) is 9.23. The van der Waals surface area contributed by atoms with E-state index in [0.717, 1.165) is 17.9 Å². The molecule has 1 rings (SSSR count). The Morgan fingerprint density at radius 1 is 1.00 bits per heavy atom. The van der Waals surface area contributed by atoms with E-state index in [1.165, 1.54) is 0 Å². The van der Waals surface area contributed by atoms with Gasteiger partial charge in [-0.2, -0.15) is 0 Å². The third kappa shape index (κ3) is 1.84. The summed E-state index contributed by atoms with van der Waals surface area (Å²) in [6.45, 7) is 0. The van der Waals surface area contributed by atoms with Crippen molar-refractivity contribution in [3.8, 4) is 0 Å². The molecule has 1 aromatic carbocycles. The van der Waals surface area contributed by atoms with E-state index < -0.39 is 0 Å². The molecule has 0 atom stereocenters. The second kappa shape index (κ2) is 3.70. The predicted octanol–water partition coefficient (Wildman–Crippen LogP) is 4.54. The lowest BCUT2D eigenvalue weighted by molar-refractivity contribution is 1.48. The van der Waals surface area contributed by atoms with Gasteiger partial charge in [0.25, 0.3) is 0 Å².